The summed E-state index contributed by atoms with van der Waals surface area (Å²) in [4.78, 5) is 4.38. The molecule has 0 aliphatic carbocycles. The van der Waals surface area contributed by atoms with Crippen LogP contribution in [-0.2, 0) is 0 Å². The van der Waals surface area contributed by atoms with E-state index in [2.05, 4.69) is 24.2 Å². The molecule has 2 nitrogen and oxygen atoms in total. The maximum atomic E-state index is 12.7. The van der Waals surface area contributed by atoms with Crippen molar-refractivity contribution in [1.82, 2.24) is 0 Å². The fourth-order valence-corrected chi connectivity index (χ4v) is 2.26. The summed E-state index contributed by atoms with van der Waals surface area (Å²) in [5, 5.41) is 4.08. The van der Waals surface area contributed by atoms with Crippen molar-refractivity contribution in [2.24, 2.45) is 4.99 Å². The summed E-state index contributed by atoms with van der Waals surface area (Å²) >= 11 is 1.71. The monoisotopic (exact) mass is 224 g/mol. The first-order valence-corrected chi connectivity index (χ1v) is 5.63. The van der Waals surface area contributed by atoms with Gasteiger partial charge in [-0.15, -0.1) is 0 Å². The van der Waals surface area contributed by atoms with E-state index < -0.39 is 0 Å². The third-order valence-electron chi connectivity index (χ3n) is 2.07. The molecule has 4 heteroatoms. The highest BCUT2D eigenvalue weighted by molar-refractivity contribution is 8.15. The fourth-order valence-electron chi connectivity index (χ4n) is 1.31. The Labute approximate surface area is 93.0 Å². The molecule has 1 aromatic carbocycles. The van der Waals surface area contributed by atoms with Crippen molar-refractivity contribution in [2.75, 3.05) is 11.9 Å². The molecule has 0 saturated carbocycles. The molecule has 0 radical (unpaired) electrons. The lowest BCUT2D eigenvalue weighted by atomic mass is 10.2. The van der Waals surface area contributed by atoms with E-state index in [1.807, 2.05) is 0 Å². The van der Waals surface area contributed by atoms with E-state index in [4.69, 9.17) is 0 Å². The van der Waals surface area contributed by atoms with E-state index in [0.717, 1.165) is 17.4 Å². The van der Waals surface area contributed by atoms with Crippen molar-refractivity contribution in [3.63, 3.8) is 0 Å². The molecule has 0 saturated heterocycles. The second kappa shape index (κ2) is 3.85. The number of thioether (sulfide) groups is 1. The summed E-state index contributed by atoms with van der Waals surface area (Å²) in [6.45, 7) is 5.13. The van der Waals surface area contributed by atoms with Crippen molar-refractivity contribution in [1.29, 1.82) is 0 Å². The average Bonchev–Trinajstić information content (AvgIpc) is 2.50. The fraction of sp³-hybridized carbons (Fsp3) is 0.364. The molecule has 1 N–H and O–H groups in total. The van der Waals surface area contributed by atoms with Gasteiger partial charge in [0.15, 0.2) is 5.17 Å². The molecule has 2 rings (SSSR count). The van der Waals surface area contributed by atoms with E-state index in [-0.39, 0.29) is 10.6 Å². The first-order chi connectivity index (χ1) is 7.05. The van der Waals surface area contributed by atoms with Gasteiger partial charge in [-0.05, 0) is 38.1 Å². The molecule has 0 fully saturated rings. The van der Waals surface area contributed by atoms with Gasteiger partial charge in [-0.1, -0.05) is 11.8 Å². The zero-order chi connectivity index (χ0) is 10.9. The van der Waals surface area contributed by atoms with Crippen LogP contribution in [0.15, 0.2) is 29.3 Å². The lowest BCUT2D eigenvalue weighted by molar-refractivity contribution is 0.628. The Bertz CT molecular complexity index is 384. The molecule has 0 aromatic heterocycles. The van der Waals surface area contributed by atoms with E-state index in [1.54, 1.807) is 23.9 Å². The summed E-state index contributed by atoms with van der Waals surface area (Å²) in [6.07, 6.45) is 0. The van der Waals surface area contributed by atoms with Gasteiger partial charge in [-0.3, -0.25) is 4.99 Å². The largest absolute Gasteiger partial charge is 0.335 e. The molecule has 1 aromatic rings. The van der Waals surface area contributed by atoms with Gasteiger partial charge in [0.25, 0.3) is 0 Å². The highest BCUT2D eigenvalue weighted by Gasteiger charge is 2.26. The number of hydrogen-bond acceptors (Lipinski definition) is 3. The van der Waals surface area contributed by atoms with E-state index in [0.29, 0.717) is 0 Å². The van der Waals surface area contributed by atoms with Crippen LogP contribution in [0.2, 0.25) is 0 Å². The maximum Gasteiger partial charge on any atom is 0.161 e. The van der Waals surface area contributed by atoms with Gasteiger partial charge in [0.05, 0.1) is 6.54 Å². The molecule has 0 amide bonds. The second-order valence-corrected chi connectivity index (χ2v) is 5.81. The minimum atomic E-state index is -0.220. The summed E-state index contributed by atoms with van der Waals surface area (Å²) < 4.78 is 12.8. The van der Waals surface area contributed by atoms with Crippen molar-refractivity contribution >= 4 is 22.6 Å². The van der Waals surface area contributed by atoms with Crippen LogP contribution in [0, 0.1) is 5.82 Å². The topological polar surface area (TPSA) is 24.4 Å². The van der Waals surface area contributed by atoms with Crippen molar-refractivity contribution in [3.8, 4) is 0 Å². The van der Waals surface area contributed by atoms with E-state index >= 15 is 0 Å². The number of benzene rings is 1. The van der Waals surface area contributed by atoms with Crippen LogP contribution in [0.1, 0.15) is 13.8 Å². The predicted molar refractivity (Wildman–Crippen MR) is 64.0 cm³/mol. The number of halogens is 1. The van der Waals surface area contributed by atoms with E-state index in [9.17, 15) is 4.39 Å². The zero-order valence-corrected chi connectivity index (χ0v) is 9.57. The number of aliphatic imine (C=N–C) groups is 1. The van der Waals surface area contributed by atoms with Crippen molar-refractivity contribution < 1.29 is 4.39 Å². The van der Waals surface area contributed by atoms with Gasteiger partial charge in [-0.2, -0.15) is 0 Å². The lowest BCUT2D eigenvalue weighted by Crippen LogP contribution is -2.16. The highest BCUT2D eigenvalue weighted by Crippen LogP contribution is 2.32. The smallest absolute Gasteiger partial charge is 0.161 e. The third kappa shape index (κ3) is 2.72. The number of rotatable bonds is 1. The Morgan fingerprint density at radius 2 is 2.00 bits per heavy atom. The maximum absolute atomic E-state index is 12.7. The quantitative estimate of drug-likeness (QED) is 0.792. The Hall–Kier alpha value is -1.03. The molecule has 0 bridgehead atoms. The zero-order valence-electron chi connectivity index (χ0n) is 8.75. The molecule has 15 heavy (non-hydrogen) atoms. The summed E-state index contributed by atoms with van der Waals surface area (Å²) in [7, 11) is 0. The first kappa shape index (κ1) is 10.5. The number of hydrogen-bond donors (Lipinski definition) is 1. The molecule has 0 unspecified atom stereocenters. The normalized spacial score (nSPS) is 18.7. The summed E-state index contributed by atoms with van der Waals surface area (Å²) in [5.74, 6) is -0.220. The van der Waals surface area contributed by atoms with Crippen LogP contribution < -0.4 is 5.32 Å². The van der Waals surface area contributed by atoms with Gasteiger partial charge in [0.2, 0.25) is 0 Å². The van der Waals surface area contributed by atoms with Crippen LogP contribution in [0.4, 0.5) is 10.1 Å². The van der Waals surface area contributed by atoms with Crippen LogP contribution in [-0.4, -0.2) is 16.5 Å². The van der Waals surface area contributed by atoms with Crippen molar-refractivity contribution in [3.05, 3.63) is 30.1 Å². The van der Waals surface area contributed by atoms with E-state index in [1.165, 1.54) is 12.1 Å². The van der Waals surface area contributed by atoms with Gasteiger partial charge in [-0.25, -0.2) is 4.39 Å². The molecular formula is C11H13FN2S. The SMILES string of the molecule is CC1(C)CN=C(Nc2ccc(F)cc2)S1. The molecule has 0 atom stereocenters. The van der Waals surface area contributed by atoms with Crippen LogP contribution in [0.5, 0.6) is 0 Å². The van der Waals surface area contributed by atoms with Crippen molar-refractivity contribution in [2.45, 2.75) is 18.6 Å². The average molecular weight is 224 g/mol. The van der Waals surface area contributed by atoms with Gasteiger partial charge in [0, 0.05) is 10.4 Å². The number of nitrogens with zero attached hydrogens (tertiary/aromatic N) is 1. The van der Waals surface area contributed by atoms with Crippen LogP contribution in [0.25, 0.3) is 0 Å². The molecule has 1 heterocycles. The van der Waals surface area contributed by atoms with Crippen LogP contribution in [0.3, 0.4) is 0 Å². The molecule has 0 spiro atoms. The third-order valence-corrected chi connectivity index (χ3v) is 3.18. The Kier molecular flexibility index (Phi) is 2.69. The Morgan fingerprint density at radius 3 is 2.53 bits per heavy atom. The summed E-state index contributed by atoms with van der Waals surface area (Å²) in [5.41, 5.74) is 0.875. The number of amidine groups is 1. The Balaban J connectivity index is 2.02. The van der Waals surface area contributed by atoms with Gasteiger partial charge >= 0.3 is 0 Å². The minimum Gasteiger partial charge on any atom is -0.335 e. The predicted octanol–water partition coefficient (Wildman–Crippen LogP) is 3.12. The second-order valence-electron chi connectivity index (χ2n) is 4.12. The molecule has 80 valence electrons. The number of anilines is 1. The van der Waals surface area contributed by atoms with Gasteiger partial charge in [0.1, 0.15) is 5.82 Å². The summed E-state index contributed by atoms with van der Waals surface area (Å²) in [6, 6.07) is 6.30. The number of nitrogens with one attached hydrogen (secondary N) is 1. The highest BCUT2D eigenvalue weighted by atomic mass is 32.2. The molecular weight excluding hydrogens is 211 g/mol. The van der Waals surface area contributed by atoms with Gasteiger partial charge < -0.3 is 5.32 Å². The lowest BCUT2D eigenvalue weighted by Gasteiger charge is -2.14. The minimum absolute atomic E-state index is 0.169. The molecule has 1 aliphatic heterocycles. The standard InChI is InChI=1S/C11H13FN2S/c1-11(2)7-13-10(15-11)14-9-5-3-8(12)4-6-9/h3-6H,7H2,1-2H3,(H,13,14). The molecule has 1 aliphatic rings. The first-order valence-electron chi connectivity index (χ1n) is 4.81. The van der Waals surface area contributed by atoms with Crippen LogP contribution >= 0.6 is 11.8 Å². The Morgan fingerprint density at radius 1 is 1.33 bits per heavy atom.